The molecule has 0 spiro atoms. The quantitative estimate of drug-likeness (QED) is 0.490. The Morgan fingerprint density at radius 3 is 2.05 bits per heavy atom. The van der Waals surface area contributed by atoms with E-state index in [-0.39, 0.29) is 20.2 Å². The van der Waals surface area contributed by atoms with Gasteiger partial charge in [0.05, 0.1) is 0 Å². The summed E-state index contributed by atoms with van der Waals surface area (Å²) in [6.07, 6.45) is 1.35. The van der Waals surface area contributed by atoms with Gasteiger partial charge in [0.25, 0.3) is 0 Å². The van der Waals surface area contributed by atoms with E-state index in [9.17, 15) is 0 Å². The van der Waals surface area contributed by atoms with Gasteiger partial charge in [0.15, 0.2) is 18.1 Å². The standard InChI is InChI=1S/C15H36O2Si2/c1-10-18-16-12-11-13(2)17-19(8,9)15(6,7)14(3,4)5/h13H,10-12,18H2,1-9H3. The molecule has 0 aromatic heterocycles. The van der Waals surface area contributed by atoms with Gasteiger partial charge in [-0.1, -0.05) is 41.5 Å². The second-order valence-electron chi connectivity index (χ2n) is 7.71. The molecule has 0 saturated carbocycles. The van der Waals surface area contributed by atoms with Crippen molar-refractivity contribution in [3.63, 3.8) is 0 Å². The Kier molecular flexibility index (Phi) is 7.52. The maximum absolute atomic E-state index is 6.48. The molecule has 0 saturated heterocycles. The molecule has 0 fully saturated rings. The molecular formula is C15H36O2Si2. The van der Waals surface area contributed by atoms with Crippen molar-refractivity contribution >= 4 is 18.1 Å². The van der Waals surface area contributed by atoms with Crippen LogP contribution in [0.15, 0.2) is 0 Å². The molecule has 0 amide bonds. The van der Waals surface area contributed by atoms with Crippen LogP contribution in [0, 0.1) is 5.41 Å². The van der Waals surface area contributed by atoms with Crippen molar-refractivity contribution in [1.29, 1.82) is 0 Å². The van der Waals surface area contributed by atoms with E-state index in [1.54, 1.807) is 0 Å². The van der Waals surface area contributed by atoms with Gasteiger partial charge < -0.3 is 8.85 Å². The third-order valence-electron chi connectivity index (χ3n) is 4.89. The van der Waals surface area contributed by atoms with Crippen molar-refractivity contribution in [2.24, 2.45) is 5.41 Å². The fourth-order valence-electron chi connectivity index (χ4n) is 2.11. The zero-order valence-corrected chi connectivity index (χ0v) is 17.1. The van der Waals surface area contributed by atoms with Gasteiger partial charge in [0.2, 0.25) is 0 Å². The maximum Gasteiger partial charge on any atom is 0.193 e. The molecule has 0 heterocycles. The van der Waals surface area contributed by atoms with Gasteiger partial charge in [0.1, 0.15) is 0 Å². The van der Waals surface area contributed by atoms with E-state index in [0.717, 1.165) is 13.0 Å². The van der Waals surface area contributed by atoms with Gasteiger partial charge in [-0.3, -0.25) is 0 Å². The van der Waals surface area contributed by atoms with Gasteiger partial charge in [-0.15, -0.1) is 0 Å². The van der Waals surface area contributed by atoms with Crippen LogP contribution in [0.4, 0.5) is 0 Å². The van der Waals surface area contributed by atoms with Gasteiger partial charge >= 0.3 is 0 Å². The molecule has 0 aliphatic carbocycles. The molecule has 0 aromatic rings. The van der Waals surface area contributed by atoms with Crippen molar-refractivity contribution in [3.8, 4) is 0 Å². The maximum atomic E-state index is 6.48. The fraction of sp³-hybridized carbons (Fsp3) is 1.00. The van der Waals surface area contributed by atoms with Gasteiger partial charge in [-0.25, -0.2) is 0 Å². The molecule has 4 heteroatoms. The second kappa shape index (κ2) is 7.39. The second-order valence-corrected chi connectivity index (χ2v) is 14.0. The Labute approximate surface area is 124 Å². The molecule has 1 unspecified atom stereocenters. The minimum absolute atomic E-state index is 0.243. The van der Waals surface area contributed by atoms with E-state index >= 15 is 0 Å². The molecule has 0 aliphatic heterocycles. The molecule has 2 nitrogen and oxygen atoms in total. The van der Waals surface area contributed by atoms with Crippen molar-refractivity contribution < 1.29 is 8.85 Å². The van der Waals surface area contributed by atoms with Gasteiger partial charge in [0, 0.05) is 12.7 Å². The summed E-state index contributed by atoms with van der Waals surface area (Å²) >= 11 is 0. The molecule has 19 heavy (non-hydrogen) atoms. The third-order valence-corrected chi connectivity index (χ3v) is 10.6. The van der Waals surface area contributed by atoms with Crippen molar-refractivity contribution in [1.82, 2.24) is 0 Å². The number of hydrogen-bond donors (Lipinski definition) is 0. The first kappa shape index (κ1) is 19.4. The molecule has 116 valence electrons. The van der Waals surface area contributed by atoms with Crippen LogP contribution in [0.3, 0.4) is 0 Å². The van der Waals surface area contributed by atoms with Crippen LogP contribution in [0.25, 0.3) is 0 Å². The van der Waals surface area contributed by atoms with Gasteiger partial charge in [-0.2, -0.15) is 0 Å². The van der Waals surface area contributed by atoms with Crippen LogP contribution in [0.5, 0.6) is 0 Å². The SMILES string of the molecule is CC[SiH2]OCCC(C)O[Si](C)(C)C(C)(C)C(C)(C)C. The Balaban J connectivity index is 4.43. The lowest BCUT2D eigenvalue weighted by Gasteiger charge is -2.49. The van der Waals surface area contributed by atoms with E-state index < -0.39 is 8.32 Å². The average Bonchev–Trinajstić information content (AvgIpc) is 2.22. The zero-order chi connectivity index (χ0) is 15.3. The Bertz CT molecular complexity index is 257. The Morgan fingerprint density at radius 1 is 1.11 bits per heavy atom. The summed E-state index contributed by atoms with van der Waals surface area (Å²) in [4.78, 5) is 0. The van der Waals surface area contributed by atoms with Crippen molar-refractivity contribution in [3.05, 3.63) is 0 Å². The van der Waals surface area contributed by atoms with Crippen molar-refractivity contribution in [2.75, 3.05) is 6.61 Å². The van der Waals surface area contributed by atoms with E-state index in [4.69, 9.17) is 8.85 Å². The highest BCUT2D eigenvalue weighted by Crippen LogP contribution is 2.52. The minimum Gasteiger partial charge on any atom is -0.424 e. The highest BCUT2D eigenvalue weighted by atomic mass is 28.4. The van der Waals surface area contributed by atoms with E-state index in [0.29, 0.717) is 6.10 Å². The topological polar surface area (TPSA) is 18.5 Å². The predicted octanol–water partition coefficient (Wildman–Crippen LogP) is 4.35. The van der Waals surface area contributed by atoms with Crippen LogP contribution in [0.1, 0.15) is 54.9 Å². The molecule has 1 atom stereocenters. The molecule has 0 radical (unpaired) electrons. The first-order valence-corrected chi connectivity index (χ1v) is 12.2. The first-order chi connectivity index (χ1) is 8.45. The molecule has 0 N–H and O–H groups in total. The summed E-state index contributed by atoms with van der Waals surface area (Å²) in [6.45, 7) is 21.7. The van der Waals surface area contributed by atoms with Crippen molar-refractivity contribution in [2.45, 2.75) is 85.2 Å². The number of rotatable bonds is 8. The van der Waals surface area contributed by atoms with E-state index in [1.165, 1.54) is 6.04 Å². The smallest absolute Gasteiger partial charge is 0.193 e. The normalized spacial score (nSPS) is 16.3. The molecule has 0 aromatic carbocycles. The summed E-state index contributed by atoms with van der Waals surface area (Å²) < 4.78 is 12.2. The molecule has 0 aliphatic rings. The highest BCUT2D eigenvalue weighted by molar-refractivity contribution is 6.74. The average molecular weight is 305 g/mol. The molecule has 0 bridgehead atoms. The van der Waals surface area contributed by atoms with Crippen LogP contribution in [-0.4, -0.2) is 30.8 Å². The summed E-state index contributed by atoms with van der Waals surface area (Å²) in [6, 6.07) is 1.23. The van der Waals surface area contributed by atoms with Crippen LogP contribution >= 0.6 is 0 Å². The molecule has 0 rings (SSSR count). The monoisotopic (exact) mass is 304 g/mol. The van der Waals surface area contributed by atoms with E-state index in [2.05, 4.69) is 61.6 Å². The van der Waals surface area contributed by atoms with E-state index in [1.807, 2.05) is 0 Å². The fourth-order valence-corrected chi connectivity index (χ4v) is 5.99. The molecular weight excluding hydrogens is 268 g/mol. The van der Waals surface area contributed by atoms with Crippen LogP contribution < -0.4 is 0 Å². The predicted molar refractivity (Wildman–Crippen MR) is 91.1 cm³/mol. The third kappa shape index (κ3) is 5.70. The van der Waals surface area contributed by atoms with Gasteiger partial charge in [-0.05, 0) is 42.9 Å². The zero-order valence-electron chi connectivity index (χ0n) is 14.7. The summed E-state index contributed by atoms with van der Waals surface area (Å²) in [5.74, 6) is 0. The van der Waals surface area contributed by atoms with Crippen LogP contribution in [-0.2, 0) is 8.85 Å². The lowest BCUT2D eigenvalue weighted by atomic mass is 9.82. The van der Waals surface area contributed by atoms with Crippen LogP contribution in [0.2, 0.25) is 24.2 Å². The highest BCUT2D eigenvalue weighted by Gasteiger charge is 2.49. The first-order valence-electron chi connectivity index (χ1n) is 7.71. The lowest BCUT2D eigenvalue weighted by molar-refractivity contribution is 0.143. The summed E-state index contributed by atoms with van der Waals surface area (Å²) in [7, 11) is -2.00. The minimum atomic E-state index is -1.74. The lowest BCUT2D eigenvalue weighted by Crippen LogP contribution is -2.50. The Morgan fingerprint density at radius 2 is 1.63 bits per heavy atom. The number of hydrogen-bond acceptors (Lipinski definition) is 2. The Hall–Kier alpha value is 0.354. The summed E-state index contributed by atoms with van der Waals surface area (Å²) in [5, 5.41) is 0.243. The largest absolute Gasteiger partial charge is 0.424 e. The summed E-state index contributed by atoms with van der Waals surface area (Å²) in [5.41, 5.74) is 0.272.